The molecule has 876 valence electrons. The van der Waals surface area contributed by atoms with Gasteiger partial charge in [0, 0.05) is 21.1 Å². The zero-order valence-corrected chi connectivity index (χ0v) is 108. The van der Waals surface area contributed by atoms with E-state index in [1.165, 1.54) is 582 Å². The Labute approximate surface area is 915 Å². The lowest BCUT2D eigenvalue weighted by Gasteiger charge is -2.39. The lowest BCUT2D eigenvalue weighted by molar-refractivity contribution is -0.929. The number of quaternary nitrogens is 3. The number of aliphatic hydroxyl groups excluding tert-OH is 1. The minimum absolute atomic E-state index is 0. The molecule has 0 amide bonds. The molecule has 6 nitrogen and oxygen atoms in total. The molecule has 0 aromatic rings. The quantitative estimate of drug-likeness (QED) is 0.0373. The standard InChI is InChI=1S/C26H56P.C24H51N.C16H36N.C16H36P.C13H30N.C12H27N.C11H26N.C6H14.C4H10O.C4H10.2CH4/c1-5-9-13-14-15-16-17-18-19-20-21-22-26-27(23-10-6-2,24-11-7-3)25-12-8-4;1-4-7-10-13-16-19-22-25(23-20-17-14-11-8-5-2)24-21-18-15-12-9-6-3;2*1-5-9-13-17(14-10-6-2,15-11-7-3)16-12-8-4;1-5-8-11-14(4,12-9-6-2)13-10-7-3;1-4-7-10-13(11-8-5-2)12-9-6-3;1-5-6-7-8-9-10-11-12(2,3)4;1-3-5-6-4-2;1-2-3-4-5;1-3-4-2;;/h5-26H2,1-4H3;4-24H2,1-3H3;2*5-16H2,1-4H3;5-13H2,1-4H3;4-12H2,1-3H3;5-11H2,1-4H3;3-6H2,1-2H3;5H,2-4H2,1H3;3-4H2,1-2H3;2*1H4/q+1;;3*+1;;+1;;;;;. The Morgan fingerprint density at radius 2 is 0.303 bits per heavy atom. The molecule has 0 saturated heterocycles. The molecule has 0 spiro atoms. The van der Waals surface area contributed by atoms with E-state index in [1.54, 1.807) is 55.7 Å². The van der Waals surface area contributed by atoms with Gasteiger partial charge in [-0.3, -0.25) is 0 Å². The highest BCUT2D eigenvalue weighted by Gasteiger charge is 2.36. The minimum atomic E-state index is -0.626. The van der Waals surface area contributed by atoms with Crippen molar-refractivity contribution in [3.63, 3.8) is 0 Å². The summed E-state index contributed by atoms with van der Waals surface area (Å²) in [6.07, 6.45) is 123. The molecule has 0 aliphatic carbocycles. The van der Waals surface area contributed by atoms with E-state index in [-0.39, 0.29) is 14.9 Å². The van der Waals surface area contributed by atoms with Gasteiger partial charge in [-0.15, -0.1) is 0 Å². The summed E-state index contributed by atoms with van der Waals surface area (Å²) < 4.78 is 3.85. The highest BCUT2D eigenvalue weighted by molar-refractivity contribution is 7.76. The maximum atomic E-state index is 8.07. The third-order valence-electron chi connectivity index (χ3n) is 29.6. The van der Waals surface area contributed by atoms with Gasteiger partial charge in [0.1, 0.15) is 0 Å². The fourth-order valence-corrected chi connectivity index (χ4v) is 29.4. The van der Waals surface area contributed by atoms with Gasteiger partial charge in [0.05, 0.1) is 130 Å². The van der Waals surface area contributed by atoms with Crippen LogP contribution in [0.3, 0.4) is 0 Å². The molecule has 0 rings (SSSR count). The van der Waals surface area contributed by atoms with Gasteiger partial charge in [-0.2, -0.15) is 0 Å². The monoisotopic (exact) mass is 2060 g/mol. The largest absolute Gasteiger partial charge is 0.396 e. The first-order chi connectivity index (χ1) is 67.9. The average Bonchev–Trinajstić information content (AvgIpc) is 0.878. The van der Waals surface area contributed by atoms with Crippen LogP contribution >= 0.6 is 14.5 Å². The molecule has 0 unspecified atom stereocenters. The summed E-state index contributed by atoms with van der Waals surface area (Å²) in [6.45, 7) is 81.5. The third-order valence-corrected chi connectivity index (χ3v) is 39.7. The zero-order chi connectivity index (χ0) is 107. The topological polar surface area (TPSA) is 26.7 Å². The van der Waals surface area contributed by atoms with Crippen LogP contribution in [-0.2, 0) is 0 Å². The lowest BCUT2D eigenvalue weighted by Crippen LogP contribution is -2.50. The van der Waals surface area contributed by atoms with E-state index in [2.05, 4.69) is 225 Å². The Kier molecular flexibility index (Phi) is 175. The Bertz CT molecular complexity index is 1760. The Morgan fingerprint density at radius 1 is 0.148 bits per heavy atom. The first kappa shape index (κ1) is 168. The summed E-state index contributed by atoms with van der Waals surface area (Å²) in [6, 6.07) is 0. The first-order valence-electron chi connectivity index (χ1n) is 66.2. The van der Waals surface area contributed by atoms with Crippen LogP contribution in [0.2, 0.25) is 0 Å². The molecule has 0 fully saturated rings. The lowest BCUT2D eigenvalue weighted by atomic mass is 10.1. The molecule has 0 heterocycles. The fourth-order valence-electron chi connectivity index (χ4n) is 18.9. The van der Waals surface area contributed by atoms with Crippen molar-refractivity contribution in [2.75, 3.05) is 176 Å². The SMILES string of the molecule is C.C.CCCC.CCCCCC.CCCCCCCCCCCCCC[P+](CCCC)(CCCC)CCCC.CCCCCCCCN(CCCCCCCC)CCCCCCCC.CCCCCCCC[N+](C)(C)C.CCCCN(CCCC)CCCC.CCCCO.CCCC[N+](C)(CCCC)CCCC.CCCC[N+](CCCC)(CCCC)CCCC.CCCC[P+](CCCC)(CCCC)CCCC. The van der Waals surface area contributed by atoms with E-state index in [0.717, 1.165) is 17.3 Å². The van der Waals surface area contributed by atoms with Gasteiger partial charge in [0.25, 0.3) is 0 Å². The number of unbranched alkanes of at least 4 members (excludes halogenated alkanes) is 53. The van der Waals surface area contributed by atoms with Crippen LogP contribution in [-0.4, -0.2) is 204 Å². The normalized spacial score (nSPS) is 11.3. The Hall–Kier alpha value is 0.620. The molecule has 0 radical (unpaired) electrons. The highest BCUT2D eigenvalue weighted by Crippen LogP contribution is 2.62. The van der Waals surface area contributed by atoms with Crippen LogP contribution < -0.4 is 0 Å². The average molecular weight is 2060 g/mol. The van der Waals surface area contributed by atoms with Crippen LogP contribution in [0.15, 0.2) is 0 Å². The maximum absolute atomic E-state index is 8.07. The van der Waals surface area contributed by atoms with Gasteiger partial charge in [0.15, 0.2) is 0 Å². The summed E-state index contributed by atoms with van der Waals surface area (Å²) in [4.78, 5) is 5.43. The van der Waals surface area contributed by atoms with Gasteiger partial charge in [-0.05, 0) is 200 Å². The van der Waals surface area contributed by atoms with Crippen LogP contribution in [0.5, 0.6) is 0 Å². The van der Waals surface area contributed by atoms with Crippen molar-refractivity contribution < 1.29 is 18.6 Å². The fraction of sp³-hybridized carbons (Fsp3) is 1.00. The summed E-state index contributed by atoms with van der Waals surface area (Å²) >= 11 is 0. The van der Waals surface area contributed by atoms with E-state index in [4.69, 9.17) is 5.11 Å². The van der Waals surface area contributed by atoms with E-state index in [9.17, 15) is 0 Å². The van der Waals surface area contributed by atoms with Crippen molar-refractivity contribution >= 4 is 14.5 Å². The van der Waals surface area contributed by atoms with E-state index in [1.807, 2.05) is 0 Å². The van der Waals surface area contributed by atoms with E-state index >= 15 is 0 Å². The van der Waals surface area contributed by atoms with Gasteiger partial charge >= 0.3 is 0 Å². The summed E-state index contributed by atoms with van der Waals surface area (Å²) in [5.41, 5.74) is 0. The molecule has 1 N–H and O–H groups in total. The number of hydrogen-bond acceptors (Lipinski definition) is 3. The number of nitrogens with zero attached hydrogens (tertiary/aromatic N) is 5. The molecule has 0 aromatic carbocycles. The van der Waals surface area contributed by atoms with Crippen molar-refractivity contribution in [1.82, 2.24) is 9.80 Å². The van der Waals surface area contributed by atoms with Crippen molar-refractivity contribution in [2.24, 2.45) is 0 Å². The molecule has 8 heteroatoms. The summed E-state index contributed by atoms with van der Waals surface area (Å²) in [7, 11) is 8.07. The number of hydrogen-bond donors (Lipinski definition) is 1. The number of aliphatic hydroxyl groups is 1. The molecule has 0 atom stereocenters. The van der Waals surface area contributed by atoms with Crippen molar-refractivity contribution in [1.29, 1.82) is 0 Å². The van der Waals surface area contributed by atoms with Crippen LogP contribution in [0.25, 0.3) is 0 Å². The Balaban J connectivity index is -0.000000137. The second-order valence-electron chi connectivity index (χ2n) is 46.0. The van der Waals surface area contributed by atoms with Crippen molar-refractivity contribution in [3.05, 3.63) is 0 Å². The maximum Gasteiger partial charge on any atom is 0.0786 e. The second-order valence-corrected chi connectivity index (χ2v) is 54.9. The highest BCUT2D eigenvalue weighted by atomic mass is 31.2. The van der Waals surface area contributed by atoms with Gasteiger partial charge in [-0.25, -0.2) is 0 Å². The van der Waals surface area contributed by atoms with Gasteiger partial charge in [-0.1, -0.05) is 542 Å². The Morgan fingerprint density at radius 3 is 0.479 bits per heavy atom. The summed E-state index contributed by atoms with van der Waals surface area (Å²) in [5, 5.41) is 8.07. The van der Waals surface area contributed by atoms with Crippen LogP contribution in [0.1, 0.15) is 703 Å². The predicted molar refractivity (Wildman–Crippen MR) is 683 cm³/mol. The molecular formula is C134H304N5OP2+5. The molecule has 0 aromatic heterocycles. The zero-order valence-electron chi connectivity index (χ0n) is 106. The molecule has 0 bridgehead atoms. The van der Waals surface area contributed by atoms with Crippen molar-refractivity contribution in [3.8, 4) is 0 Å². The molecule has 0 saturated carbocycles. The van der Waals surface area contributed by atoms with Gasteiger partial charge in [0.2, 0.25) is 0 Å². The number of rotatable bonds is 98. The smallest absolute Gasteiger partial charge is 0.0786 e. The molecule has 142 heavy (non-hydrogen) atoms. The van der Waals surface area contributed by atoms with Crippen LogP contribution in [0.4, 0.5) is 0 Å². The second kappa shape index (κ2) is 148. The predicted octanol–water partition coefficient (Wildman–Crippen LogP) is 46.7. The third kappa shape index (κ3) is 147. The first-order valence-corrected chi connectivity index (χ1v) is 71.2. The molecular weight excluding hydrogens is 1760 g/mol. The van der Waals surface area contributed by atoms with E-state index in [0.29, 0.717) is 6.61 Å². The van der Waals surface area contributed by atoms with Gasteiger partial charge < -0.3 is 28.4 Å². The van der Waals surface area contributed by atoms with Crippen LogP contribution in [0, 0.1) is 0 Å². The summed E-state index contributed by atoms with van der Waals surface area (Å²) in [5.74, 6) is 0. The van der Waals surface area contributed by atoms with Crippen molar-refractivity contribution in [2.45, 2.75) is 703 Å². The molecule has 0 aliphatic heterocycles. The van der Waals surface area contributed by atoms with E-state index < -0.39 is 14.5 Å². The molecule has 0 aliphatic rings. The minimum Gasteiger partial charge on any atom is -0.396 e.